The zero-order chi connectivity index (χ0) is 22.8. The molecule has 4 rings (SSSR count). The van der Waals surface area contributed by atoms with Crippen LogP contribution in [-0.2, 0) is 9.59 Å². The molecule has 1 fully saturated rings. The maximum Gasteiger partial charge on any atom is 0.417 e. The molecule has 1 aliphatic rings. The molecule has 32 heavy (non-hydrogen) atoms. The van der Waals surface area contributed by atoms with Crippen molar-refractivity contribution in [1.29, 1.82) is 0 Å². The molecular formula is C21H18N4O7. The van der Waals surface area contributed by atoms with Crippen LogP contribution < -0.4 is 11.1 Å². The number of H-pyrrole nitrogens is 1. The van der Waals surface area contributed by atoms with Crippen molar-refractivity contribution in [3.8, 4) is 0 Å². The van der Waals surface area contributed by atoms with Gasteiger partial charge in [0.05, 0.1) is 10.4 Å². The van der Waals surface area contributed by atoms with Crippen LogP contribution in [0.3, 0.4) is 0 Å². The van der Waals surface area contributed by atoms with Crippen molar-refractivity contribution in [3.63, 3.8) is 0 Å². The summed E-state index contributed by atoms with van der Waals surface area (Å²) in [6.45, 7) is 0.475. The van der Waals surface area contributed by atoms with E-state index in [2.05, 4.69) is 10.3 Å². The Kier molecular flexibility index (Phi) is 5.54. The number of ketones is 1. The summed E-state index contributed by atoms with van der Waals surface area (Å²) < 4.78 is 4.93. The third-order valence-electron chi connectivity index (χ3n) is 5.39. The predicted molar refractivity (Wildman–Crippen MR) is 112 cm³/mol. The van der Waals surface area contributed by atoms with Gasteiger partial charge in [0.2, 0.25) is 0 Å². The summed E-state index contributed by atoms with van der Waals surface area (Å²) in [5.41, 5.74) is 1.32. The molecule has 2 heterocycles. The first-order valence-corrected chi connectivity index (χ1v) is 9.83. The Hall–Kier alpha value is -4.28. The molecule has 1 aromatic heterocycles. The van der Waals surface area contributed by atoms with Crippen molar-refractivity contribution < 1.29 is 23.7 Å². The van der Waals surface area contributed by atoms with Crippen LogP contribution in [0.25, 0.3) is 11.1 Å². The fraction of sp³-hybridized carbons (Fsp3) is 0.238. The molecule has 1 aliphatic heterocycles. The molecule has 0 spiro atoms. The van der Waals surface area contributed by atoms with Crippen molar-refractivity contribution in [2.45, 2.75) is 12.8 Å². The summed E-state index contributed by atoms with van der Waals surface area (Å²) in [6.07, 6.45) is 0.768. The minimum atomic E-state index is -0.831. The number of benzene rings is 2. The number of hydrogen-bond acceptors (Lipinski definition) is 7. The molecule has 3 aromatic rings. The number of nitro groups is 1. The lowest BCUT2D eigenvalue weighted by Crippen LogP contribution is -2.45. The fourth-order valence-corrected chi connectivity index (χ4v) is 3.68. The Labute approximate surface area is 180 Å². The lowest BCUT2D eigenvalue weighted by Gasteiger charge is -2.30. The maximum absolute atomic E-state index is 12.7. The SMILES string of the molecule is O=C(Nc1ccc2[nH]c(=O)oc2c1)C(=O)N1CCC(C(=O)c2ccc([N+](=O)[O-])cc2)CC1. The molecule has 0 saturated carbocycles. The van der Waals surface area contributed by atoms with Crippen molar-refractivity contribution in [2.24, 2.45) is 5.92 Å². The van der Waals surface area contributed by atoms with E-state index >= 15 is 0 Å². The molecule has 2 aromatic carbocycles. The lowest BCUT2D eigenvalue weighted by atomic mass is 9.89. The first-order chi connectivity index (χ1) is 15.3. The Morgan fingerprint density at radius 1 is 1.09 bits per heavy atom. The van der Waals surface area contributed by atoms with E-state index in [0.717, 1.165) is 0 Å². The normalized spacial score (nSPS) is 14.3. The van der Waals surface area contributed by atoms with E-state index in [1.165, 1.54) is 41.3 Å². The third-order valence-corrected chi connectivity index (χ3v) is 5.39. The Bertz CT molecular complexity index is 1270. The lowest BCUT2D eigenvalue weighted by molar-refractivity contribution is -0.384. The van der Waals surface area contributed by atoms with Gasteiger partial charge in [-0.15, -0.1) is 0 Å². The van der Waals surface area contributed by atoms with E-state index in [4.69, 9.17) is 4.42 Å². The molecule has 164 valence electrons. The minimum absolute atomic E-state index is 0.0919. The van der Waals surface area contributed by atoms with Gasteiger partial charge < -0.3 is 14.6 Å². The van der Waals surface area contributed by atoms with Gasteiger partial charge in [-0.05, 0) is 37.1 Å². The zero-order valence-corrected chi connectivity index (χ0v) is 16.7. The monoisotopic (exact) mass is 438 g/mol. The largest absolute Gasteiger partial charge is 0.417 e. The predicted octanol–water partition coefficient (Wildman–Crippen LogP) is 2.09. The number of piperidine rings is 1. The number of Topliss-reactive ketones (excluding diaryl/α,β-unsaturated/α-hetero) is 1. The Balaban J connectivity index is 1.33. The van der Waals surface area contributed by atoms with E-state index in [1.807, 2.05) is 0 Å². The Morgan fingerprint density at radius 3 is 2.44 bits per heavy atom. The van der Waals surface area contributed by atoms with Gasteiger partial charge in [0.1, 0.15) is 0 Å². The second-order valence-corrected chi connectivity index (χ2v) is 7.41. The van der Waals surface area contributed by atoms with Gasteiger partial charge in [0.15, 0.2) is 11.4 Å². The molecule has 0 aliphatic carbocycles. The quantitative estimate of drug-likeness (QED) is 0.273. The topological polar surface area (TPSA) is 156 Å². The molecule has 1 saturated heterocycles. The van der Waals surface area contributed by atoms with E-state index in [-0.39, 0.29) is 36.1 Å². The summed E-state index contributed by atoms with van der Waals surface area (Å²) in [6, 6.07) is 9.94. The number of hydrogen-bond donors (Lipinski definition) is 2. The van der Waals surface area contributed by atoms with Crippen LogP contribution in [0.5, 0.6) is 0 Å². The van der Waals surface area contributed by atoms with Crippen LogP contribution >= 0.6 is 0 Å². The van der Waals surface area contributed by atoms with Gasteiger partial charge in [-0.25, -0.2) is 4.79 Å². The molecular weight excluding hydrogens is 420 g/mol. The Morgan fingerprint density at radius 2 is 1.78 bits per heavy atom. The number of fused-ring (bicyclic) bond motifs is 1. The molecule has 0 radical (unpaired) electrons. The van der Waals surface area contributed by atoms with Crippen molar-refractivity contribution >= 4 is 40.1 Å². The number of non-ortho nitro benzene ring substituents is 1. The highest BCUT2D eigenvalue weighted by molar-refractivity contribution is 6.39. The molecule has 11 nitrogen and oxygen atoms in total. The van der Waals surface area contributed by atoms with Crippen LogP contribution in [0, 0.1) is 16.0 Å². The van der Waals surface area contributed by atoms with Gasteiger partial charge in [0.25, 0.3) is 5.69 Å². The molecule has 0 atom stereocenters. The number of amides is 2. The first-order valence-electron chi connectivity index (χ1n) is 9.83. The number of aromatic amines is 1. The average Bonchev–Trinajstić information content (AvgIpc) is 3.17. The highest BCUT2D eigenvalue weighted by Crippen LogP contribution is 2.23. The number of carbonyl (C=O) groups excluding carboxylic acids is 3. The number of carbonyl (C=O) groups is 3. The van der Waals surface area contributed by atoms with Gasteiger partial charge in [0, 0.05) is 48.5 Å². The van der Waals surface area contributed by atoms with Crippen LogP contribution in [0.1, 0.15) is 23.2 Å². The second kappa shape index (κ2) is 8.46. The standard InChI is InChI=1S/C21H18N4O7/c26-18(12-1-4-15(5-2-12)25(30)31)13-7-9-24(10-8-13)20(28)19(27)22-14-3-6-16-17(11-14)32-21(29)23-16/h1-6,11,13H,7-10H2,(H,22,27)(H,23,29). The van der Waals surface area contributed by atoms with Gasteiger partial charge in [-0.1, -0.05) is 0 Å². The average molecular weight is 438 g/mol. The smallest absolute Gasteiger partial charge is 0.408 e. The van der Waals surface area contributed by atoms with E-state index in [9.17, 15) is 29.3 Å². The molecule has 11 heteroatoms. The number of nitrogens with one attached hydrogen (secondary N) is 2. The summed E-state index contributed by atoms with van der Waals surface area (Å²) in [4.78, 5) is 62.8. The summed E-state index contributed by atoms with van der Waals surface area (Å²) in [7, 11) is 0. The van der Waals surface area contributed by atoms with Crippen molar-refractivity contribution in [1.82, 2.24) is 9.88 Å². The number of nitro benzene ring substituents is 1. The highest BCUT2D eigenvalue weighted by Gasteiger charge is 2.30. The summed E-state index contributed by atoms with van der Waals surface area (Å²) in [5.74, 6) is -2.64. The van der Waals surface area contributed by atoms with Crippen LogP contribution in [-0.4, -0.2) is 45.5 Å². The highest BCUT2D eigenvalue weighted by atomic mass is 16.6. The second-order valence-electron chi connectivity index (χ2n) is 7.41. The molecule has 0 bridgehead atoms. The van der Waals surface area contributed by atoms with Crippen LogP contribution in [0.4, 0.5) is 11.4 Å². The molecule has 2 amide bonds. The zero-order valence-electron chi connectivity index (χ0n) is 16.7. The fourth-order valence-electron chi connectivity index (χ4n) is 3.68. The number of anilines is 1. The van der Waals surface area contributed by atoms with Crippen molar-refractivity contribution in [2.75, 3.05) is 18.4 Å². The molecule has 2 N–H and O–H groups in total. The van der Waals surface area contributed by atoms with Crippen LogP contribution in [0.15, 0.2) is 51.7 Å². The number of nitrogens with zero attached hydrogens (tertiary/aromatic N) is 2. The van der Waals surface area contributed by atoms with Crippen molar-refractivity contribution in [3.05, 3.63) is 68.7 Å². The van der Waals surface area contributed by atoms with Gasteiger partial charge in [-0.2, -0.15) is 0 Å². The third kappa shape index (κ3) is 4.26. The van der Waals surface area contributed by atoms with Crippen LogP contribution in [0.2, 0.25) is 0 Å². The summed E-state index contributed by atoms with van der Waals surface area (Å²) in [5, 5.41) is 13.2. The number of likely N-dealkylation sites (tertiary alicyclic amines) is 1. The first kappa shape index (κ1) is 21.0. The number of oxazole rings is 1. The van der Waals surface area contributed by atoms with Gasteiger partial charge in [-0.3, -0.25) is 29.5 Å². The number of rotatable bonds is 4. The maximum atomic E-state index is 12.7. The van der Waals surface area contributed by atoms with E-state index < -0.39 is 22.5 Å². The summed E-state index contributed by atoms with van der Waals surface area (Å²) >= 11 is 0. The minimum Gasteiger partial charge on any atom is -0.408 e. The number of aromatic nitrogens is 1. The molecule has 0 unspecified atom stereocenters. The van der Waals surface area contributed by atoms with E-state index in [0.29, 0.717) is 29.6 Å². The van der Waals surface area contributed by atoms with Gasteiger partial charge >= 0.3 is 17.6 Å². The van der Waals surface area contributed by atoms with E-state index in [1.54, 1.807) is 6.07 Å².